The average molecular weight is 505 g/mol. The summed E-state index contributed by atoms with van der Waals surface area (Å²) in [6.07, 6.45) is -4.32. The third-order valence-electron chi connectivity index (χ3n) is 5.50. The van der Waals surface area contributed by atoms with Gasteiger partial charge in [-0.15, -0.1) is 0 Å². The van der Waals surface area contributed by atoms with Crippen molar-refractivity contribution in [2.45, 2.75) is 25.7 Å². The number of hydrogen-bond acceptors (Lipinski definition) is 5. The zero-order valence-electron chi connectivity index (χ0n) is 20.1. The summed E-state index contributed by atoms with van der Waals surface area (Å²) >= 11 is 0. The van der Waals surface area contributed by atoms with Gasteiger partial charge in [-0.2, -0.15) is 18.3 Å². The Morgan fingerprint density at radius 3 is 2.50 bits per heavy atom. The van der Waals surface area contributed by atoms with Gasteiger partial charge in [-0.3, -0.25) is 9.89 Å². The van der Waals surface area contributed by atoms with E-state index in [0.29, 0.717) is 13.1 Å². The van der Waals surface area contributed by atoms with Crippen LogP contribution in [0, 0.1) is 0 Å². The lowest BCUT2D eigenvalue weighted by molar-refractivity contribution is -0.192. The first-order chi connectivity index (χ1) is 17.0. The molecular formula is C25H27F3N4O4. The highest BCUT2D eigenvalue weighted by Crippen LogP contribution is 2.34. The van der Waals surface area contributed by atoms with Crippen molar-refractivity contribution < 1.29 is 32.6 Å². The number of methoxy groups -OCH3 is 1. The molecule has 3 aromatic rings. The van der Waals surface area contributed by atoms with Crippen molar-refractivity contribution in [1.29, 1.82) is 0 Å². The van der Waals surface area contributed by atoms with Crippen LogP contribution in [0.25, 0.3) is 11.3 Å². The molecule has 0 saturated heterocycles. The largest absolute Gasteiger partial charge is 0.496 e. The molecule has 1 aromatic heterocycles. The number of benzene rings is 2. The van der Waals surface area contributed by atoms with Gasteiger partial charge in [0, 0.05) is 48.4 Å². The SMILES string of the molecule is COc1ccccc1-c1n[nH]c2c1CN(C(=O)c1cccc(CN(C)C)c1)CC2.O=C(O)C(F)(F)F. The lowest BCUT2D eigenvalue weighted by Crippen LogP contribution is -2.36. The molecule has 1 aliphatic rings. The molecule has 0 spiro atoms. The number of alkyl halides is 3. The predicted molar refractivity (Wildman–Crippen MR) is 127 cm³/mol. The Kier molecular flexibility index (Phi) is 8.36. The number of amides is 1. The van der Waals surface area contributed by atoms with E-state index < -0.39 is 12.1 Å². The van der Waals surface area contributed by atoms with Gasteiger partial charge < -0.3 is 19.6 Å². The maximum atomic E-state index is 13.2. The van der Waals surface area contributed by atoms with Gasteiger partial charge >= 0.3 is 12.1 Å². The fraction of sp³-hybridized carbons (Fsp3) is 0.320. The number of halogens is 3. The molecule has 0 radical (unpaired) electrons. The minimum absolute atomic E-state index is 0.0587. The summed E-state index contributed by atoms with van der Waals surface area (Å²) in [7, 11) is 5.71. The number of carbonyl (C=O) groups excluding carboxylic acids is 1. The monoisotopic (exact) mass is 504 g/mol. The van der Waals surface area contributed by atoms with Gasteiger partial charge in [-0.1, -0.05) is 24.3 Å². The molecule has 0 atom stereocenters. The molecule has 0 fully saturated rings. The van der Waals surface area contributed by atoms with Gasteiger partial charge in [0.25, 0.3) is 5.91 Å². The van der Waals surface area contributed by atoms with E-state index >= 15 is 0 Å². The number of para-hydroxylation sites is 1. The van der Waals surface area contributed by atoms with E-state index in [1.54, 1.807) is 7.11 Å². The van der Waals surface area contributed by atoms with Crippen molar-refractivity contribution in [2.75, 3.05) is 27.7 Å². The van der Waals surface area contributed by atoms with Crippen LogP contribution < -0.4 is 4.74 Å². The third kappa shape index (κ3) is 6.42. The Morgan fingerprint density at radius 1 is 1.17 bits per heavy atom. The van der Waals surface area contributed by atoms with Crippen LogP contribution in [0.4, 0.5) is 13.2 Å². The molecule has 8 nitrogen and oxygen atoms in total. The number of aromatic amines is 1. The number of carbonyl (C=O) groups is 2. The molecule has 192 valence electrons. The number of carboxylic acids is 1. The van der Waals surface area contributed by atoms with Crippen LogP contribution in [0.1, 0.15) is 27.2 Å². The van der Waals surface area contributed by atoms with E-state index in [2.05, 4.69) is 21.2 Å². The number of nitrogens with zero attached hydrogens (tertiary/aromatic N) is 3. The minimum Gasteiger partial charge on any atom is -0.496 e. The molecule has 36 heavy (non-hydrogen) atoms. The second kappa shape index (κ2) is 11.3. The van der Waals surface area contributed by atoms with Gasteiger partial charge in [-0.25, -0.2) is 4.79 Å². The van der Waals surface area contributed by atoms with Crippen LogP contribution in [0.15, 0.2) is 48.5 Å². The molecule has 11 heteroatoms. The molecule has 0 unspecified atom stereocenters. The maximum absolute atomic E-state index is 13.2. The lowest BCUT2D eigenvalue weighted by atomic mass is 9.99. The highest BCUT2D eigenvalue weighted by molar-refractivity contribution is 5.94. The molecule has 2 N–H and O–H groups in total. The first kappa shape index (κ1) is 26.7. The zero-order valence-corrected chi connectivity index (χ0v) is 20.1. The lowest BCUT2D eigenvalue weighted by Gasteiger charge is -2.27. The molecule has 0 bridgehead atoms. The van der Waals surface area contributed by atoms with Crippen LogP contribution in [0.5, 0.6) is 5.75 Å². The van der Waals surface area contributed by atoms with Crippen molar-refractivity contribution in [1.82, 2.24) is 20.0 Å². The Morgan fingerprint density at radius 2 is 1.86 bits per heavy atom. The summed E-state index contributed by atoms with van der Waals surface area (Å²) in [5, 5.41) is 14.8. The standard InChI is InChI=1S/C23H26N4O2.C2HF3O2/c1-26(2)14-16-7-6-8-17(13-16)23(28)27-12-11-20-19(15-27)22(25-24-20)18-9-4-5-10-21(18)29-3;3-2(4,5)1(6)7/h4-10,13H,11-12,14-15H2,1-3H3,(H,24,25);(H,6,7). The molecule has 2 heterocycles. The van der Waals surface area contributed by atoms with Crippen LogP contribution in [-0.2, 0) is 24.3 Å². The number of ether oxygens (including phenoxy) is 1. The fourth-order valence-electron chi connectivity index (χ4n) is 3.88. The summed E-state index contributed by atoms with van der Waals surface area (Å²) in [5.74, 6) is -1.92. The van der Waals surface area contributed by atoms with E-state index in [1.165, 1.54) is 0 Å². The molecular weight excluding hydrogens is 477 g/mol. The fourth-order valence-corrected chi connectivity index (χ4v) is 3.88. The Hall–Kier alpha value is -3.86. The van der Waals surface area contributed by atoms with Gasteiger partial charge in [0.1, 0.15) is 11.4 Å². The number of aromatic nitrogens is 2. The Balaban J connectivity index is 0.000000454. The van der Waals surface area contributed by atoms with Crippen LogP contribution in [0.3, 0.4) is 0 Å². The van der Waals surface area contributed by atoms with Crippen molar-refractivity contribution in [2.24, 2.45) is 0 Å². The van der Waals surface area contributed by atoms with Gasteiger partial charge in [0.15, 0.2) is 0 Å². The molecule has 0 aliphatic carbocycles. The summed E-state index contributed by atoms with van der Waals surface area (Å²) in [6.45, 7) is 2.03. The minimum atomic E-state index is -5.08. The quantitative estimate of drug-likeness (QED) is 0.546. The first-order valence-corrected chi connectivity index (χ1v) is 11.0. The zero-order chi connectivity index (χ0) is 26.5. The van der Waals surface area contributed by atoms with Crippen molar-refractivity contribution in [3.05, 3.63) is 70.9 Å². The number of carboxylic acid groups (broad SMARTS) is 1. The number of hydrogen-bond donors (Lipinski definition) is 2. The van der Waals surface area contributed by atoms with E-state index in [1.807, 2.05) is 61.5 Å². The predicted octanol–water partition coefficient (Wildman–Crippen LogP) is 3.98. The summed E-state index contributed by atoms with van der Waals surface area (Å²) in [4.78, 5) is 26.1. The number of H-pyrrole nitrogens is 1. The topological polar surface area (TPSA) is 98.8 Å². The number of aliphatic carboxylic acids is 1. The van der Waals surface area contributed by atoms with Gasteiger partial charge in [0.2, 0.25) is 0 Å². The highest BCUT2D eigenvalue weighted by atomic mass is 19.4. The second-order valence-electron chi connectivity index (χ2n) is 8.45. The highest BCUT2D eigenvalue weighted by Gasteiger charge is 2.38. The van der Waals surface area contributed by atoms with Crippen molar-refractivity contribution in [3.63, 3.8) is 0 Å². The number of rotatable bonds is 5. The smallest absolute Gasteiger partial charge is 0.490 e. The maximum Gasteiger partial charge on any atom is 0.490 e. The summed E-state index contributed by atoms with van der Waals surface area (Å²) in [6, 6.07) is 15.8. The van der Waals surface area contributed by atoms with Gasteiger partial charge in [-0.05, 0) is 43.9 Å². The normalized spacial score (nSPS) is 13.0. The molecule has 1 aliphatic heterocycles. The molecule has 4 rings (SSSR count). The molecule has 1 amide bonds. The average Bonchev–Trinajstić information content (AvgIpc) is 3.26. The van der Waals surface area contributed by atoms with E-state index in [0.717, 1.165) is 52.4 Å². The van der Waals surface area contributed by atoms with E-state index in [9.17, 15) is 18.0 Å². The summed E-state index contributed by atoms with van der Waals surface area (Å²) in [5.41, 5.74) is 5.83. The first-order valence-electron chi connectivity index (χ1n) is 11.0. The Bertz CT molecular complexity index is 1220. The van der Waals surface area contributed by atoms with Crippen LogP contribution in [0.2, 0.25) is 0 Å². The van der Waals surface area contributed by atoms with Crippen LogP contribution in [-0.4, -0.2) is 70.9 Å². The van der Waals surface area contributed by atoms with Crippen molar-refractivity contribution in [3.8, 4) is 17.0 Å². The van der Waals surface area contributed by atoms with Crippen LogP contribution >= 0.6 is 0 Å². The van der Waals surface area contributed by atoms with E-state index in [-0.39, 0.29) is 5.91 Å². The van der Waals surface area contributed by atoms with Crippen molar-refractivity contribution >= 4 is 11.9 Å². The second-order valence-corrected chi connectivity index (χ2v) is 8.45. The Labute approximate surface area is 206 Å². The number of fused-ring (bicyclic) bond motifs is 1. The van der Waals surface area contributed by atoms with Gasteiger partial charge in [0.05, 0.1) is 7.11 Å². The third-order valence-corrected chi connectivity index (χ3v) is 5.50. The molecule has 2 aromatic carbocycles. The summed E-state index contributed by atoms with van der Waals surface area (Å²) < 4.78 is 37.2. The number of nitrogens with one attached hydrogen (secondary N) is 1. The van der Waals surface area contributed by atoms with E-state index in [4.69, 9.17) is 14.6 Å². The molecule has 0 saturated carbocycles.